The Morgan fingerprint density at radius 3 is 2.69 bits per heavy atom. The molecule has 0 N–H and O–H groups in total. The number of imidazole rings is 1. The molecule has 26 heavy (non-hydrogen) atoms. The standard InChI is InChI=1S/C18H21N7O/c26-18-15-9-21-17(14-3-1-2-4-14)25(15)22-16-11-23(5-6-24(16)18)10-13-7-19-12-20-8-13/h7-9,12,14H,1-6,10-11H2. The second-order valence-corrected chi connectivity index (χ2v) is 7.23. The van der Waals surface area contributed by atoms with Crippen LogP contribution in [0.3, 0.4) is 0 Å². The van der Waals surface area contributed by atoms with Gasteiger partial charge in [0.15, 0.2) is 5.52 Å². The quantitative estimate of drug-likeness (QED) is 0.709. The van der Waals surface area contributed by atoms with Crippen LogP contribution in [0.4, 0.5) is 0 Å². The highest BCUT2D eigenvalue weighted by molar-refractivity contribution is 5.43. The molecule has 1 aliphatic heterocycles. The summed E-state index contributed by atoms with van der Waals surface area (Å²) < 4.78 is 3.60. The molecule has 3 aromatic heterocycles. The Balaban J connectivity index is 1.49. The van der Waals surface area contributed by atoms with Crippen LogP contribution in [0, 0.1) is 0 Å². The van der Waals surface area contributed by atoms with Gasteiger partial charge in [-0.25, -0.2) is 19.5 Å². The van der Waals surface area contributed by atoms with Crippen LogP contribution >= 0.6 is 0 Å². The lowest BCUT2D eigenvalue weighted by Gasteiger charge is -2.28. The van der Waals surface area contributed by atoms with Gasteiger partial charge in [0, 0.05) is 43.5 Å². The summed E-state index contributed by atoms with van der Waals surface area (Å²) in [6.45, 7) is 2.86. The number of nitrogens with zero attached hydrogens (tertiary/aromatic N) is 7. The Morgan fingerprint density at radius 2 is 1.88 bits per heavy atom. The van der Waals surface area contributed by atoms with Crippen molar-refractivity contribution in [2.24, 2.45) is 0 Å². The van der Waals surface area contributed by atoms with Gasteiger partial charge in [0.25, 0.3) is 5.56 Å². The molecular weight excluding hydrogens is 330 g/mol. The fourth-order valence-corrected chi connectivity index (χ4v) is 4.17. The minimum Gasteiger partial charge on any atom is -0.291 e. The first-order valence-electron chi connectivity index (χ1n) is 9.23. The first-order valence-corrected chi connectivity index (χ1v) is 9.23. The molecule has 0 bridgehead atoms. The molecule has 1 fully saturated rings. The van der Waals surface area contributed by atoms with Gasteiger partial charge in [-0.1, -0.05) is 12.8 Å². The van der Waals surface area contributed by atoms with Gasteiger partial charge in [-0.05, 0) is 12.8 Å². The average Bonchev–Trinajstić information content (AvgIpc) is 3.32. The molecule has 5 rings (SSSR count). The van der Waals surface area contributed by atoms with Crippen molar-refractivity contribution < 1.29 is 0 Å². The van der Waals surface area contributed by atoms with Crippen molar-refractivity contribution in [2.45, 2.75) is 51.2 Å². The Labute approximate surface area is 150 Å². The second kappa shape index (κ2) is 6.28. The molecule has 1 saturated carbocycles. The van der Waals surface area contributed by atoms with E-state index in [2.05, 4.69) is 19.9 Å². The average molecular weight is 351 g/mol. The predicted octanol–water partition coefficient (Wildman–Crippen LogP) is 1.35. The van der Waals surface area contributed by atoms with Crippen LogP contribution in [0.2, 0.25) is 0 Å². The van der Waals surface area contributed by atoms with Crippen molar-refractivity contribution >= 4 is 5.52 Å². The molecule has 0 saturated heterocycles. The highest BCUT2D eigenvalue weighted by Crippen LogP contribution is 2.33. The van der Waals surface area contributed by atoms with E-state index in [-0.39, 0.29) is 5.56 Å². The van der Waals surface area contributed by atoms with E-state index in [4.69, 9.17) is 5.10 Å². The van der Waals surface area contributed by atoms with Crippen LogP contribution < -0.4 is 5.56 Å². The zero-order chi connectivity index (χ0) is 17.5. The number of fused-ring (bicyclic) bond motifs is 2. The second-order valence-electron chi connectivity index (χ2n) is 7.23. The zero-order valence-corrected chi connectivity index (χ0v) is 14.6. The molecule has 0 amide bonds. The fourth-order valence-electron chi connectivity index (χ4n) is 4.17. The van der Waals surface area contributed by atoms with E-state index >= 15 is 0 Å². The van der Waals surface area contributed by atoms with E-state index in [1.54, 1.807) is 15.3 Å². The normalized spacial score (nSPS) is 18.5. The molecule has 0 unspecified atom stereocenters. The number of hydrogen-bond acceptors (Lipinski definition) is 6. The Hall–Kier alpha value is -2.61. The van der Waals surface area contributed by atoms with Crippen LogP contribution in [0.25, 0.3) is 5.52 Å². The molecular formula is C18H21N7O. The van der Waals surface area contributed by atoms with Crippen molar-refractivity contribution in [3.63, 3.8) is 0 Å². The third-order valence-corrected chi connectivity index (χ3v) is 5.50. The summed E-state index contributed by atoms with van der Waals surface area (Å²) in [5, 5.41) is 4.82. The van der Waals surface area contributed by atoms with E-state index in [1.165, 1.54) is 19.2 Å². The molecule has 8 heteroatoms. The molecule has 0 spiro atoms. The molecule has 1 aliphatic carbocycles. The van der Waals surface area contributed by atoms with Gasteiger partial charge >= 0.3 is 0 Å². The van der Waals surface area contributed by atoms with Crippen molar-refractivity contribution in [3.8, 4) is 0 Å². The monoisotopic (exact) mass is 351 g/mol. The molecule has 4 heterocycles. The van der Waals surface area contributed by atoms with Gasteiger partial charge in [-0.3, -0.25) is 14.3 Å². The van der Waals surface area contributed by atoms with E-state index in [9.17, 15) is 4.79 Å². The van der Waals surface area contributed by atoms with Crippen LogP contribution in [0.1, 0.15) is 48.8 Å². The molecule has 0 aromatic carbocycles. The summed E-state index contributed by atoms with van der Waals surface area (Å²) in [6.07, 6.45) is 11.6. The SMILES string of the molecule is O=c1c2cnc(C3CCCC3)n2nc2n1CCN(Cc1cncnc1)C2. The van der Waals surface area contributed by atoms with E-state index in [0.29, 0.717) is 24.5 Å². The fraction of sp³-hybridized carbons (Fsp3) is 0.500. The maximum absolute atomic E-state index is 12.9. The van der Waals surface area contributed by atoms with Gasteiger partial charge < -0.3 is 0 Å². The van der Waals surface area contributed by atoms with E-state index in [0.717, 1.165) is 43.1 Å². The summed E-state index contributed by atoms with van der Waals surface area (Å²) in [7, 11) is 0. The van der Waals surface area contributed by atoms with Crippen molar-refractivity contribution in [1.29, 1.82) is 0 Å². The lowest BCUT2D eigenvalue weighted by molar-refractivity contribution is 0.201. The minimum atomic E-state index is 0.0226. The number of aromatic nitrogens is 6. The molecule has 2 aliphatic rings. The third-order valence-electron chi connectivity index (χ3n) is 5.50. The Bertz CT molecular complexity index is 988. The number of hydrogen-bond donors (Lipinski definition) is 0. The Morgan fingerprint density at radius 1 is 1.08 bits per heavy atom. The van der Waals surface area contributed by atoms with Crippen LogP contribution in [0.5, 0.6) is 0 Å². The summed E-state index contributed by atoms with van der Waals surface area (Å²) in [4.78, 5) is 27.9. The Kier molecular flexibility index (Phi) is 3.77. The topological polar surface area (TPSA) is 81.2 Å². The minimum absolute atomic E-state index is 0.0226. The largest absolute Gasteiger partial charge is 0.291 e. The first kappa shape index (κ1) is 15.6. The summed E-state index contributed by atoms with van der Waals surface area (Å²) >= 11 is 0. The van der Waals surface area contributed by atoms with Crippen molar-refractivity contribution in [1.82, 2.24) is 34.0 Å². The molecule has 0 atom stereocenters. The summed E-state index contributed by atoms with van der Waals surface area (Å²) in [5.74, 6) is 2.18. The number of rotatable bonds is 3. The van der Waals surface area contributed by atoms with E-state index < -0.39 is 0 Å². The maximum Gasteiger partial charge on any atom is 0.279 e. The highest BCUT2D eigenvalue weighted by atomic mass is 16.1. The predicted molar refractivity (Wildman–Crippen MR) is 94.6 cm³/mol. The van der Waals surface area contributed by atoms with Gasteiger partial charge in [-0.2, -0.15) is 5.10 Å². The van der Waals surface area contributed by atoms with Crippen molar-refractivity contribution in [2.75, 3.05) is 6.54 Å². The molecule has 0 radical (unpaired) electrons. The maximum atomic E-state index is 12.9. The lowest BCUT2D eigenvalue weighted by atomic mass is 10.1. The molecule has 134 valence electrons. The van der Waals surface area contributed by atoms with Gasteiger partial charge in [0.05, 0.1) is 12.7 Å². The zero-order valence-electron chi connectivity index (χ0n) is 14.6. The lowest BCUT2D eigenvalue weighted by Crippen LogP contribution is -2.40. The highest BCUT2D eigenvalue weighted by Gasteiger charge is 2.26. The van der Waals surface area contributed by atoms with Gasteiger partial charge in [0.1, 0.15) is 18.0 Å². The van der Waals surface area contributed by atoms with Crippen LogP contribution in [-0.2, 0) is 19.6 Å². The van der Waals surface area contributed by atoms with Crippen LogP contribution in [-0.4, -0.2) is 40.6 Å². The van der Waals surface area contributed by atoms with E-state index in [1.807, 2.05) is 12.4 Å². The summed E-state index contributed by atoms with van der Waals surface area (Å²) in [6, 6.07) is 0. The smallest absolute Gasteiger partial charge is 0.279 e. The van der Waals surface area contributed by atoms with Crippen LogP contribution in [0.15, 0.2) is 29.7 Å². The van der Waals surface area contributed by atoms with Gasteiger partial charge in [0.2, 0.25) is 0 Å². The summed E-state index contributed by atoms with van der Waals surface area (Å²) in [5.41, 5.74) is 1.69. The van der Waals surface area contributed by atoms with Crippen molar-refractivity contribution in [3.05, 3.63) is 52.5 Å². The first-order chi connectivity index (χ1) is 12.8. The van der Waals surface area contributed by atoms with Gasteiger partial charge in [-0.15, -0.1) is 0 Å². The molecule has 3 aromatic rings. The molecule has 8 nitrogen and oxygen atoms in total. The third kappa shape index (κ3) is 2.61.